The summed E-state index contributed by atoms with van der Waals surface area (Å²) in [6.45, 7) is 18.2. The van der Waals surface area contributed by atoms with Gasteiger partial charge < -0.3 is 58.3 Å². The van der Waals surface area contributed by atoms with E-state index in [1.165, 1.54) is 27.7 Å². The molecule has 6 rings (SSSR count). The minimum Gasteiger partial charge on any atom is -0.491 e. The van der Waals surface area contributed by atoms with Crippen LogP contribution < -0.4 is 18.9 Å². The molecule has 424 valence electrons. The molecule has 0 saturated heterocycles. The summed E-state index contributed by atoms with van der Waals surface area (Å²) in [5.74, 6) is -1.72. The van der Waals surface area contributed by atoms with Crippen LogP contribution >= 0.6 is 0 Å². The lowest BCUT2D eigenvalue weighted by molar-refractivity contribution is -0.143. The Kier molecular flexibility index (Phi) is 22.7. The Labute approximate surface area is 471 Å². The van der Waals surface area contributed by atoms with Crippen LogP contribution in [0, 0.1) is 0 Å². The van der Waals surface area contributed by atoms with Gasteiger partial charge in [0.15, 0.2) is 0 Å². The van der Waals surface area contributed by atoms with Crippen LogP contribution in [0.3, 0.4) is 0 Å². The van der Waals surface area contributed by atoms with Crippen molar-refractivity contribution >= 4 is 23.9 Å². The number of benzene rings is 6. The lowest BCUT2D eigenvalue weighted by Crippen LogP contribution is -2.26. The minimum atomic E-state index is -1.24. The van der Waals surface area contributed by atoms with Crippen molar-refractivity contribution in [2.24, 2.45) is 0 Å². The largest absolute Gasteiger partial charge is 0.491 e. The maximum absolute atomic E-state index is 12.3. The van der Waals surface area contributed by atoms with E-state index in [-0.39, 0.29) is 75.1 Å². The molecule has 0 radical (unpaired) electrons. The van der Waals surface area contributed by atoms with Crippen LogP contribution in [0.5, 0.6) is 23.0 Å². The van der Waals surface area contributed by atoms with E-state index in [2.05, 4.69) is 26.3 Å². The summed E-state index contributed by atoms with van der Waals surface area (Å²) in [5.41, 5.74) is 7.66. The van der Waals surface area contributed by atoms with Crippen LogP contribution in [-0.4, -0.2) is 122 Å². The highest BCUT2D eigenvalue weighted by atomic mass is 16.6. The maximum atomic E-state index is 12.3. The number of esters is 4. The van der Waals surface area contributed by atoms with Gasteiger partial charge >= 0.3 is 23.9 Å². The second kappa shape index (κ2) is 30.0. The summed E-state index contributed by atoms with van der Waals surface area (Å²) in [5, 5.41) is 43.2. The van der Waals surface area contributed by atoms with E-state index in [1.54, 1.807) is 36.4 Å². The molecule has 0 spiro atoms. The molecule has 4 atom stereocenters. The van der Waals surface area contributed by atoms with Gasteiger partial charge in [-0.05, 0) is 115 Å². The SMILES string of the molecule is C=C(C)C(=O)OCC(O)COc1ccc(-c2ccc(OCC(O)COC(=O)C(=C)C)c(C(c3ccc(-c4ccccc4)cc3)c3cc(-c4ccc(OCC(O)COC(=O)C(=C)C)cc4)ccc3OCC(O)COC(=O)C(=C)C)c2)cc1. The van der Waals surface area contributed by atoms with Gasteiger partial charge in [-0.3, -0.25) is 0 Å². The predicted octanol–water partition coefficient (Wildman–Crippen LogP) is 9.30. The molecule has 0 fully saturated rings. The van der Waals surface area contributed by atoms with Gasteiger partial charge in [-0.2, -0.15) is 0 Å². The van der Waals surface area contributed by atoms with Crippen LogP contribution in [0.15, 0.2) is 188 Å². The zero-order valence-electron chi connectivity index (χ0n) is 45.8. The van der Waals surface area contributed by atoms with Gasteiger partial charge in [-0.15, -0.1) is 0 Å². The Morgan fingerprint density at radius 1 is 0.358 bits per heavy atom. The first-order valence-electron chi connectivity index (χ1n) is 25.9. The number of aliphatic hydroxyl groups excluding tert-OH is 4. The number of hydrogen-bond donors (Lipinski definition) is 4. The van der Waals surface area contributed by atoms with E-state index in [0.29, 0.717) is 34.1 Å². The Balaban J connectivity index is 1.46. The van der Waals surface area contributed by atoms with E-state index in [1.807, 2.05) is 103 Å². The topological polar surface area (TPSA) is 223 Å². The number of ether oxygens (including phenoxy) is 8. The van der Waals surface area contributed by atoms with Crippen molar-refractivity contribution in [2.45, 2.75) is 58.0 Å². The number of hydrogen-bond acceptors (Lipinski definition) is 16. The molecule has 0 aliphatic carbocycles. The molecule has 0 bridgehead atoms. The average Bonchev–Trinajstić information content (AvgIpc) is 3.47. The smallest absolute Gasteiger partial charge is 0.333 e. The lowest BCUT2D eigenvalue weighted by atomic mass is 9.81. The van der Waals surface area contributed by atoms with Crippen LogP contribution in [-0.2, 0) is 38.1 Å². The van der Waals surface area contributed by atoms with Crippen LogP contribution in [0.2, 0.25) is 0 Å². The molecule has 0 heterocycles. The normalized spacial score (nSPS) is 12.7. The second-order valence-electron chi connectivity index (χ2n) is 19.3. The predicted molar refractivity (Wildman–Crippen MR) is 306 cm³/mol. The van der Waals surface area contributed by atoms with Gasteiger partial charge in [0.2, 0.25) is 0 Å². The molecular formula is C65H68O16. The molecule has 81 heavy (non-hydrogen) atoms. The summed E-state index contributed by atoms with van der Waals surface area (Å²) < 4.78 is 45.3. The first kappa shape index (κ1) is 61.4. The van der Waals surface area contributed by atoms with Crippen LogP contribution in [0.4, 0.5) is 0 Å². The fourth-order valence-corrected chi connectivity index (χ4v) is 7.81. The number of carbonyl (C=O) groups excluding carboxylic acids is 4. The third kappa shape index (κ3) is 18.7. The molecule has 0 aromatic heterocycles. The molecule has 4 N–H and O–H groups in total. The molecule has 4 unspecified atom stereocenters. The van der Waals surface area contributed by atoms with Gasteiger partial charge in [-0.25, -0.2) is 19.2 Å². The monoisotopic (exact) mass is 1100 g/mol. The Morgan fingerprint density at radius 3 is 0.975 bits per heavy atom. The van der Waals surface area contributed by atoms with Gasteiger partial charge in [0.05, 0.1) is 0 Å². The first-order valence-corrected chi connectivity index (χ1v) is 25.9. The summed E-state index contributed by atoms with van der Waals surface area (Å²) in [6.07, 6.45) is -4.69. The van der Waals surface area contributed by atoms with Gasteiger partial charge in [0.1, 0.15) is 100 Å². The highest BCUT2D eigenvalue weighted by Gasteiger charge is 2.28. The van der Waals surface area contributed by atoms with Crippen molar-refractivity contribution in [2.75, 3.05) is 52.9 Å². The highest BCUT2D eigenvalue weighted by Crippen LogP contribution is 2.45. The molecular weight excluding hydrogens is 1040 g/mol. The molecule has 0 aliphatic rings. The van der Waals surface area contributed by atoms with Crippen molar-refractivity contribution in [1.29, 1.82) is 0 Å². The zero-order chi connectivity index (χ0) is 58.6. The number of carbonyl (C=O) groups is 4. The van der Waals surface area contributed by atoms with Crippen LogP contribution in [0.1, 0.15) is 50.3 Å². The van der Waals surface area contributed by atoms with Gasteiger partial charge in [0, 0.05) is 39.3 Å². The minimum absolute atomic E-state index is 0.152. The first-order chi connectivity index (χ1) is 38.8. The van der Waals surface area contributed by atoms with Crippen molar-refractivity contribution < 1.29 is 77.5 Å². The Morgan fingerprint density at radius 2 is 0.642 bits per heavy atom. The maximum Gasteiger partial charge on any atom is 0.333 e. The standard InChI is InChI=1S/C65H68O16/c1-40(2)62(70)78-36-51(66)32-74-55-24-18-46(19-25-55)49-22-28-59(76-34-53(68)38-80-64(72)42(5)6)57(30-49)61(48-16-14-45(15-17-48)44-12-10-9-11-13-44)58-31-50(23-29-60(58)77-35-54(69)39-81-65(73)43(7)8)47-20-26-56(27-21-47)75-33-52(67)37-79-63(71)41(3)4/h9-31,51-54,61,66-69H,1,3,5,7,32-39H2,2,4,6,8H3. The van der Waals surface area contributed by atoms with E-state index in [9.17, 15) is 39.6 Å². The summed E-state index contributed by atoms with van der Waals surface area (Å²) in [4.78, 5) is 48.3. The van der Waals surface area contributed by atoms with Gasteiger partial charge in [0.25, 0.3) is 0 Å². The fraction of sp³-hybridized carbons (Fsp3) is 0.262. The summed E-state index contributed by atoms with van der Waals surface area (Å²) >= 11 is 0. The van der Waals surface area contributed by atoms with E-state index in [4.69, 9.17) is 37.9 Å². The summed E-state index contributed by atoms with van der Waals surface area (Å²) in [6, 6.07) is 43.4. The van der Waals surface area contributed by atoms with E-state index < -0.39 is 54.2 Å². The number of aliphatic hydroxyl groups is 4. The third-order valence-electron chi connectivity index (χ3n) is 12.1. The number of rotatable bonds is 30. The highest BCUT2D eigenvalue weighted by molar-refractivity contribution is 5.88. The Hall–Kier alpha value is -8.80. The lowest BCUT2D eigenvalue weighted by Gasteiger charge is -2.26. The molecule has 0 aliphatic heterocycles. The molecule has 16 nitrogen and oxygen atoms in total. The summed E-state index contributed by atoms with van der Waals surface area (Å²) in [7, 11) is 0. The molecule has 16 heteroatoms. The fourth-order valence-electron chi connectivity index (χ4n) is 7.81. The van der Waals surface area contributed by atoms with Crippen LogP contribution in [0.25, 0.3) is 33.4 Å². The Bertz CT molecular complexity index is 2980. The van der Waals surface area contributed by atoms with Gasteiger partial charge in [-0.1, -0.05) is 117 Å². The van der Waals surface area contributed by atoms with Crippen molar-refractivity contribution in [3.8, 4) is 56.4 Å². The average molecular weight is 1110 g/mol. The third-order valence-corrected chi connectivity index (χ3v) is 12.1. The molecule has 6 aromatic carbocycles. The molecule has 6 aromatic rings. The zero-order valence-corrected chi connectivity index (χ0v) is 45.8. The second-order valence-corrected chi connectivity index (χ2v) is 19.3. The molecule has 0 amide bonds. The van der Waals surface area contributed by atoms with Crippen molar-refractivity contribution in [1.82, 2.24) is 0 Å². The van der Waals surface area contributed by atoms with E-state index >= 15 is 0 Å². The van der Waals surface area contributed by atoms with E-state index in [0.717, 1.165) is 38.9 Å². The molecule has 0 saturated carbocycles. The van der Waals surface area contributed by atoms with Crippen molar-refractivity contribution in [3.63, 3.8) is 0 Å². The quantitative estimate of drug-likeness (QED) is 0.0143. The van der Waals surface area contributed by atoms with Crippen molar-refractivity contribution in [3.05, 3.63) is 205 Å².